The molecule has 1 aliphatic heterocycles. The second kappa shape index (κ2) is 10.8. The Bertz CT molecular complexity index is 1100. The second-order valence-corrected chi connectivity index (χ2v) is 10.2. The predicted octanol–water partition coefficient (Wildman–Crippen LogP) is 3.15. The number of hydrogen-bond donors (Lipinski definition) is 3. The van der Waals surface area contributed by atoms with Gasteiger partial charge in [0.25, 0.3) is 11.8 Å². The average molecular weight is 506 g/mol. The van der Waals surface area contributed by atoms with Gasteiger partial charge >= 0.3 is 0 Å². The van der Waals surface area contributed by atoms with E-state index in [0.29, 0.717) is 18.0 Å². The minimum absolute atomic E-state index is 0.190. The van der Waals surface area contributed by atoms with Crippen molar-refractivity contribution in [3.05, 3.63) is 73.3 Å². The quantitative estimate of drug-likeness (QED) is 0.436. The Kier molecular flexibility index (Phi) is 7.77. The Balaban J connectivity index is 1.31. The highest BCUT2D eigenvalue weighted by molar-refractivity contribution is 7.10. The van der Waals surface area contributed by atoms with Crippen molar-refractivity contribution in [2.45, 2.75) is 44.1 Å². The molecule has 0 bridgehead atoms. The Morgan fingerprint density at radius 3 is 2.82 bits per heavy atom. The lowest BCUT2D eigenvalue weighted by Gasteiger charge is -2.27. The maximum absolute atomic E-state index is 12.8. The summed E-state index contributed by atoms with van der Waals surface area (Å²) >= 11 is 9.14. The van der Waals surface area contributed by atoms with Crippen LogP contribution in [0.2, 0.25) is 5.02 Å². The summed E-state index contributed by atoms with van der Waals surface area (Å²) < 4.78 is 0. The molecular formula is C23H24ClN3O4S2. The third kappa shape index (κ3) is 5.62. The number of thiazole rings is 1. The lowest BCUT2D eigenvalue weighted by Crippen LogP contribution is -2.50. The average Bonchev–Trinajstić information content (AvgIpc) is 3.59. The van der Waals surface area contributed by atoms with Gasteiger partial charge in [0.05, 0.1) is 12.6 Å². The van der Waals surface area contributed by atoms with Crippen LogP contribution in [0.5, 0.6) is 0 Å². The summed E-state index contributed by atoms with van der Waals surface area (Å²) in [7, 11) is 0. The molecule has 2 aromatic heterocycles. The third-order valence-corrected chi connectivity index (χ3v) is 7.82. The molecule has 0 aliphatic carbocycles. The molecule has 0 radical (unpaired) electrons. The van der Waals surface area contributed by atoms with Gasteiger partial charge in [0.1, 0.15) is 5.01 Å². The predicted molar refractivity (Wildman–Crippen MR) is 128 cm³/mol. The van der Waals surface area contributed by atoms with Crippen LogP contribution in [-0.2, 0) is 22.6 Å². The van der Waals surface area contributed by atoms with Crippen LogP contribution in [0.3, 0.4) is 0 Å². The summed E-state index contributed by atoms with van der Waals surface area (Å²) in [5.74, 6) is -1.45. The summed E-state index contributed by atoms with van der Waals surface area (Å²) in [5.41, 5.74) is 2.08. The lowest BCUT2D eigenvalue weighted by atomic mass is 10.1. The molecular weight excluding hydrogens is 482 g/mol. The normalized spacial score (nSPS) is 17.7. The van der Waals surface area contributed by atoms with E-state index in [1.165, 1.54) is 27.6 Å². The smallest absolute Gasteiger partial charge is 0.255 e. The van der Waals surface area contributed by atoms with Gasteiger partial charge in [-0.05, 0) is 47.9 Å². The molecule has 4 rings (SSSR count). The topological polar surface area (TPSA) is 103 Å². The number of thiophene rings is 1. The first-order chi connectivity index (χ1) is 15.9. The molecule has 0 spiro atoms. The molecule has 33 heavy (non-hydrogen) atoms. The standard InChI is InChI=1S/C23H24ClN3O4S2/c24-17-5-2-1-4-15(17)10-14-11-16(33-13-14)12-26-21(30)19(28)20(29)23(31)27-8-3-6-18(27)22-25-7-9-32-22/h1-2,4-5,7,9,11,13,18-20,28-29H,3,6,8,10,12H2,(H,26,30)/t18-,19-,20-/m1/s1. The SMILES string of the molecule is O=C(NCc1cc(Cc2ccccc2Cl)cs1)[C@H](O)[C@@H](O)C(=O)N1CCC[C@@H]1c1nccs1. The zero-order valence-electron chi connectivity index (χ0n) is 17.7. The zero-order chi connectivity index (χ0) is 23.4. The van der Waals surface area contributed by atoms with Gasteiger partial charge in [0, 0.05) is 28.0 Å². The van der Waals surface area contributed by atoms with Crippen molar-refractivity contribution in [1.82, 2.24) is 15.2 Å². The fourth-order valence-electron chi connectivity index (χ4n) is 3.89. The number of carbonyl (C=O) groups excluding carboxylic acids is 2. The molecule has 7 nitrogen and oxygen atoms in total. The Morgan fingerprint density at radius 1 is 1.24 bits per heavy atom. The van der Waals surface area contributed by atoms with Crippen LogP contribution in [0.15, 0.2) is 47.3 Å². The van der Waals surface area contributed by atoms with Gasteiger partial charge in [-0.25, -0.2) is 4.98 Å². The van der Waals surface area contributed by atoms with Gasteiger partial charge < -0.3 is 20.4 Å². The first-order valence-corrected chi connectivity index (χ1v) is 12.7. The van der Waals surface area contributed by atoms with Crippen LogP contribution < -0.4 is 5.32 Å². The van der Waals surface area contributed by atoms with Crippen molar-refractivity contribution >= 4 is 46.1 Å². The summed E-state index contributed by atoms with van der Waals surface area (Å²) in [5, 5.41) is 28.6. The molecule has 3 aromatic rings. The van der Waals surface area contributed by atoms with Gasteiger partial charge in [-0.15, -0.1) is 22.7 Å². The molecule has 174 valence electrons. The maximum Gasteiger partial charge on any atom is 0.255 e. The van der Waals surface area contributed by atoms with Crippen molar-refractivity contribution in [1.29, 1.82) is 0 Å². The molecule has 3 heterocycles. The number of amides is 2. The van der Waals surface area contributed by atoms with Crippen LogP contribution in [0.1, 0.15) is 39.9 Å². The number of aromatic nitrogens is 1. The van der Waals surface area contributed by atoms with E-state index in [0.717, 1.165) is 33.9 Å². The number of likely N-dealkylation sites (tertiary alicyclic amines) is 1. The summed E-state index contributed by atoms with van der Waals surface area (Å²) in [6, 6.07) is 9.36. The van der Waals surface area contributed by atoms with E-state index in [-0.39, 0.29) is 12.6 Å². The van der Waals surface area contributed by atoms with Crippen molar-refractivity contribution in [2.75, 3.05) is 6.54 Å². The molecule has 1 fully saturated rings. The van der Waals surface area contributed by atoms with Crippen molar-refractivity contribution in [3.8, 4) is 0 Å². The van der Waals surface area contributed by atoms with Crippen LogP contribution >= 0.6 is 34.3 Å². The minimum Gasteiger partial charge on any atom is -0.380 e. The Morgan fingerprint density at radius 2 is 2.06 bits per heavy atom. The maximum atomic E-state index is 12.8. The van der Waals surface area contributed by atoms with Crippen LogP contribution in [-0.4, -0.2) is 50.7 Å². The fourth-order valence-corrected chi connectivity index (χ4v) is 5.70. The van der Waals surface area contributed by atoms with Crippen molar-refractivity contribution in [3.63, 3.8) is 0 Å². The highest BCUT2D eigenvalue weighted by Crippen LogP contribution is 2.33. The highest BCUT2D eigenvalue weighted by Gasteiger charge is 2.39. The van der Waals surface area contributed by atoms with Crippen molar-refractivity contribution < 1.29 is 19.8 Å². The van der Waals surface area contributed by atoms with E-state index in [2.05, 4.69) is 10.3 Å². The number of carbonyl (C=O) groups is 2. The molecule has 0 saturated carbocycles. The van der Waals surface area contributed by atoms with E-state index >= 15 is 0 Å². The van der Waals surface area contributed by atoms with E-state index < -0.39 is 24.0 Å². The second-order valence-electron chi connectivity index (χ2n) is 7.86. The molecule has 1 saturated heterocycles. The van der Waals surface area contributed by atoms with E-state index in [4.69, 9.17) is 11.6 Å². The van der Waals surface area contributed by atoms with Gasteiger partial charge in [-0.1, -0.05) is 29.8 Å². The number of benzene rings is 1. The highest BCUT2D eigenvalue weighted by atomic mass is 35.5. The number of hydrogen-bond acceptors (Lipinski definition) is 7. The minimum atomic E-state index is -1.85. The van der Waals surface area contributed by atoms with Gasteiger partial charge in [0.2, 0.25) is 0 Å². The van der Waals surface area contributed by atoms with Gasteiger partial charge in [0.15, 0.2) is 12.2 Å². The number of rotatable bonds is 8. The monoisotopic (exact) mass is 505 g/mol. The van der Waals surface area contributed by atoms with E-state index in [1.807, 2.05) is 41.1 Å². The molecule has 1 aliphatic rings. The van der Waals surface area contributed by atoms with Crippen LogP contribution in [0.25, 0.3) is 0 Å². The van der Waals surface area contributed by atoms with Gasteiger partial charge in [-0.3, -0.25) is 9.59 Å². The van der Waals surface area contributed by atoms with E-state index in [1.54, 1.807) is 6.20 Å². The van der Waals surface area contributed by atoms with Gasteiger partial charge in [-0.2, -0.15) is 0 Å². The third-order valence-electron chi connectivity index (χ3n) is 5.59. The van der Waals surface area contributed by atoms with Crippen molar-refractivity contribution in [2.24, 2.45) is 0 Å². The molecule has 0 unspecified atom stereocenters. The molecule has 3 atom stereocenters. The summed E-state index contributed by atoms with van der Waals surface area (Å²) in [6.07, 6.45) is 0.186. The Labute approximate surface area is 204 Å². The number of nitrogens with one attached hydrogen (secondary N) is 1. The number of aliphatic hydroxyl groups is 2. The molecule has 1 aromatic carbocycles. The first-order valence-electron chi connectivity index (χ1n) is 10.6. The first kappa shape index (κ1) is 23.8. The molecule has 2 amide bonds. The largest absolute Gasteiger partial charge is 0.380 e. The zero-order valence-corrected chi connectivity index (χ0v) is 20.1. The lowest BCUT2D eigenvalue weighted by molar-refractivity contribution is -0.153. The Hall–Kier alpha value is -2.30. The number of halogens is 1. The fraction of sp³-hybridized carbons (Fsp3) is 0.348. The summed E-state index contributed by atoms with van der Waals surface area (Å²) in [4.78, 5) is 31.8. The molecule has 3 N–H and O–H groups in total. The van der Waals surface area contributed by atoms with Crippen LogP contribution in [0.4, 0.5) is 0 Å². The molecule has 10 heteroatoms. The summed E-state index contributed by atoms with van der Waals surface area (Å²) in [6.45, 7) is 0.646. The number of aliphatic hydroxyl groups excluding tert-OH is 2. The number of nitrogens with zero attached hydrogens (tertiary/aromatic N) is 2. The van der Waals surface area contributed by atoms with Crippen LogP contribution in [0, 0.1) is 0 Å². The van der Waals surface area contributed by atoms with E-state index in [9.17, 15) is 19.8 Å².